The van der Waals surface area contributed by atoms with Gasteiger partial charge in [0, 0.05) is 42.7 Å². The number of anilines is 2. The molecule has 0 radical (unpaired) electrons. The summed E-state index contributed by atoms with van der Waals surface area (Å²) < 4.78 is 19.7. The largest absolute Gasteiger partial charge is 0.492 e. The molecule has 0 saturated carbocycles. The van der Waals surface area contributed by atoms with Gasteiger partial charge in [-0.1, -0.05) is 31.5 Å². The molecule has 7 nitrogen and oxygen atoms in total. The van der Waals surface area contributed by atoms with Crippen LogP contribution in [-0.2, 0) is 11.3 Å². The molecule has 35 heavy (non-hydrogen) atoms. The van der Waals surface area contributed by atoms with E-state index in [4.69, 9.17) is 14.2 Å². The van der Waals surface area contributed by atoms with E-state index in [1.165, 1.54) is 0 Å². The molecule has 0 unspecified atom stereocenters. The molecule has 1 saturated heterocycles. The van der Waals surface area contributed by atoms with Crippen LogP contribution in [0.25, 0.3) is 10.9 Å². The fourth-order valence-corrected chi connectivity index (χ4v) is 4.74. The average molecular weight is 480 g/mol. The summed E-state index contributed by atoms with van der Waals surface area (Å²) in [6.45, 7) is 12.8. The Balaban J connectivity index is 1.74. The third-order valence-electron chi connectivity index (χ3n) is 6.44. The number of ether oxygens (including phenoxy) is 3. The van der Waals surface area contributed by atoms with Gasteiger partial charge in [0.15, 0.2) is 0 Å². The van der Waals surface area contributed by atoms with Crippen molar-refractivity contribution in [1.29, 1.82) is 0 Å². The van der Waals surface area contributed by atoms with Crippen LogP contribution in [0.4, 0.5) is 11.4 Å². The van der Waals surface area contributed by atoms with Crippen molar-refractivity contribution in [2.75, 3.05) is 49.7 Å². The lowest BCUT2D eigenvalue weighted by Crippen LogP contribution is -2.36. The number of fused-ring (bicyclic) bond motifs is 1. The first-order valence-corrected chi connectivity index (χ1v) is 12.7. The highest BCUT2D eigenvalue weighted by Gasteiger charge is 2.24. The zero-order valence-corrected chi connectivity index (χ0v) is 21.4. The lowest BCUT2D eigenvalue weighted by atomic mass is 10.1. The maximum atomic E-state index is 13.7. The number of nitrogens with one attached hydrogen (secondary N) is 1. The number of carbonyl (C=O) groups is 1. The number of nitrogens with zero attached hydrogens (tertiary/aromatic N) is 2. The Morgan fingerprint density at radius 3 is 2.46 bits per heavy atom. The van der Waals surface area contributed by atoms with Crippen LogP contribution in [0.1, 0.15) is 49.7 Å². The predicted octanol–water partition coefficient (Wildman–Crippen LogP) is 5.64. The Morgan fingerprint density at radius 2 is 1.74 bits per heavy atom. The summed E-state index contributed by atoms with van der Waals surface area (Å²) in [6.07, 6.45) is 2.06. The van der Waals surface area contributed by atoms with Crippen molar-refractivity contribution in [3.8, 4) is 11.5 Å². The first kappa shape index (κ1) is 24.9. The number of benzene rings is 2. The van der Waals surface area contributed by atoms with Crippen molar-refractivity contribution in [2.24, 2.45) is 0 Å². The Labute approximate surface area is 208 Å². The van der Waals surface area contributed by atoms with Crippen LogP contribution in [0.15, 0.2) is 36.4 Å². The van der Waals surface area contributed by atoms with E-state index in [9.17, 15) is 4.79 Å². The quantitative estimate of drug-likeness (QED) is 0.408. The van der Waals surface area contributed by atoms with Crippen LogP contribution in [0.3, 0.4) is 0 Å². The molecule has 7 heteroatoms. The maximum Gasteiger partial charge on any atom is 0.272 e. The number of carbonyl (C=O) groups excluding carboxylic acids is 1. The topological polar surface area (TPSA) is 65.0 Å². The summed E-state index contributed by atoms with van der Waals surface area (Å²) in [4.78, 5) is 16.0. The van der Waals surface area contributed by atoms with Gasteiger partial charge in [-0.25, -0.2) is 0 Å². The summed E-state index contributed by atoms with van der Waals surface area (Å²) in [5.74, 6) is 1.23. The fraction of sp³-hybridized carbons (Fsp3) is 0.464. The van der Waals surface area contributed by atoms with Gasteiger partial charge >= 0.3 is 0 Å². The number of amides is 1. The molecule has 1 N–H and O–H groups in total. The molecule has 2 heterocycles. The molecule has 0 atom stereocenters. The van der Waals surface area contributed by atoms with Crippen LogP contribution >= 0.6 is 0 Å². The van der Waals surface area contributed by atoms with Crippen molar-refractivity contribution >= 4 is 28.2 Å². The lowest BCUT2D eigenvalue weighted by Gasteiger charge is -2.31. The second-order valence-electron chi connectivity index (χ2n) is 8.73. The van der Waals surface area contributed by atoms with E-state index in [0.29, 0.717) is 43.6 Å². The van der Waals surface area contributed by atoms with E-state index < -0.39 is 0 Å². The normalized spacial score (nSPS) is 13.8. The maximum absolute atomic E-state index is 13.7. The van der Waals surface area contributed by atoms with E-state index in [2.05, 4.69) is 33.8 Å². The van der Waals surface area contributed by atoms with Crippen LogP contribution in [-0.4, -0.2) is 50.0 Å². The Hall–Kier alpha value is -3.19. The molecule has 4 rings (SSSR count). The van der Waals surface area contributed by atoms with Crippen LogP contribution in [0.2, 0.25) is 0 Å². The minimum absolute atomic E-state index is 0.141. The van der Waals surface area contributed by atoms with Gasteiger partial charge in [0.1, 0.15) is 17.2 Å². The lowest BCUT2D eigenvalue weighted by molar-refractivity contribution is 0.101. The molecule has 188 valence electrons. The third-order valence-corrected chi connectivity index (χ3v) is 6.44. The fourth-order valence-electron chi connectivity index (χ4n) is 4.74. The highest BCUT2D eigenvalue weighted by atomic mass is 16.5. The van der Waals surface area contributed by atoms with Crippen molar-refractivity contribution < 1.29 is 19.0 Å². The van der Waals surface area contributed by atoms with Crippen molar-refractivity contribution in [2.45, 2.75) is 47.1 Å². The summed E-state index contributed by atoms with van der Waals surface area (Å²) >= 11 is 0. The minimum atomic E-state index is -0.141. The molecule has 0 aliphatic carbocycles. The second kappa shape index (κ2) is 11.5. The molecule has 1 fully saturated rings. The smallest absolute Gasteiger partial charge is 0.272 e. The van der Waals surface area contributed by atoms with Gasteiger partial charge in [0.2, 0.25) is 0 Å². The predicted molar refractivity (Wildman–Crippen MR) is 141 cm³/mol. The molecule has 2 aromatic carbocycles. The standard InChI is InChI=1S/C28H37N3O4/c1-5-8-13-31-23-12-10-9-11-21(23)20(4)27(31)28(32)29-22-18-26(35-7-3)24(19-25(22)34-6-2)30-14-16-33-17-15-30/h9-12,18-19H,5-8,13-17H2,1-4H3,(H,29,32). The summed E-state index contributed by atoms with van der Waals surface area (Å²) in [7, 11) is 0. The first-order valence-electron chi connectivity index (χ1n) is 12.7. The highest BCUT2D eigenvalue weighted by molar-refractivity contribution is 6.09. The molecule has 0 spiro atoms. The van der Waals surface area contributed by atoms with Gasteiger partial charge in [-0.05, 0) is 38.8 Å². The number of para-hydroxylation sites is 1. The number of hydrogen-bond acceptors (Lipinski definition) is 5. The molecule has 1 aromatic heterocycles. The minimum Gasteiger partial charge on any atom is -0.492 e. The summed E-state index contributed by atoms with van der Waals surface area (Å²) in [6, 6.07) is 12.1. The van der Waals surface area contributed by atoms with Crippen molar-refractivity contribution in [3.63, 3.8) is 0 Å². The summed E-state index contributed by atoms with van der Waals surface area (Å²) in [5, 5.41) is 4.26. The number of rotatable bonds is 10. The molecular weight excluding hydrogens is 442 g/mol. The number of aromatic nitrogens is 1. The van der Waals surface area contributed by atoms with Gasteiger partial charge < -0.3 is 29.0 Å². The third kappa shape index (κ3) is 5.25. The monoisotopic (exact) mass is 479 g/mol. The van der Waals surface area contributed by atoms with Crippen LogP contribution in [0.5, 0.6) is 11.5 Å². The van der Waals surface area contributed by atoms with Crippen molar-refractivity contribution in [3.05, 3.63) is 47.7 Å². The number of morpholine rings is 1. The highest BCUT2D eigenvalue weighted by Crippen LogP contribution is 2.40. The van der Waals surface area contributed by atoms with E-state index in [0.717, 1.165) is 60.4 Å². The molecular formula is C28H37N3O4. The zero-order valence-electron chi connectivity index (χ0n) is 21.4. The first-order chi connectivity index (χ1) is 17.1. The van der Waals surface area contributed by atoms with Gasteiger partial charge in [-0.15, -0.1) is 0 Å². The van der Waals surface area contributed by atoms with E-state index in [1.807, 2.05) is 45.0 Å². The van der Waals surface area contributed by atoms with Crippen molar-refractivity contribution in [1.82, 2.24) is 4.57 Å². The van der Waals surface area contributed by atoms with Gasteiger partial charge in [0.25, 0.3) is 5.91 Å². The van der Waals surface area contributed by atoms with Gasteiger partial charge in [-0.2, -0.15) is 0 Å². The Bertz CT molecular complexity index is 1160. The van der Waals surface area contributed by atoms with E-state index in [-0.39, 0.29) is 5.91 Å². The van der Waals surface area contributed by atoms with E-state index in [1.54, 1.807) is 0 Å². The molecule has 1 amide bonds. The molecule has 0 bridgehead atoms. The Kier molecular flexibility index (Phi) is 8.18. The van der Waals surface area contributed by atoms with Gasteiger partial charge in [-0.3, -0.25) is 4.79 Å². The second-order valence-corrected chi connectivity index (χ2v) is 8.73. The molecule has 3 aromatic rings. The Morgan fingerprint density at radius 1 is 1.03 bits per heavy atom. The average Bonchev–Trinajstić information content (AvgIpc) is 3.16. The van der Waals surface area contributed by atoms with Crippen LogP contribution in [0, 0.1) is 6.92 Å². The van der Waals surface area contributed by atoms with Gasteiger partial charge in [0.05, 0.1) is 37.8 Å². The van der Waals surface area contributed by atoms with E-state index >= 15 is 0 Å². The number of hydrogen-bond donors (Lipinski definition) is 1. The number of aryl methyl sites for hydroxylation is 2. The van der Waals surface area contributed by atoms with Crippen LogP contribution < -0.4 is 19.7 Å². The zero-order chi connectivity index (χ0) is 24.8. The SMILES string of the molecule is CCCCn1c(C(=O)Nc2cc(OCC)c(N3CCOCC3)cc2OCC)c(C)c2ccccc21. The summed E-state index contributed by atoms with van der Waals surface area (Å²) in [5.41, 5.74) is 4.35. The molecule has 1 aliphatic rings. The molecule has 1 aliphatic heterocycles. The number of unbranched alkanes of at least 4 members (excludes halogenated alkanes) is 1.